The van der Waals surface area contributed by atoms with Crippen molar-refractivity contribution in [1.82, 2.24) is 14.9 Å². The SMILES string of the molecule is CC.CCCN(CCC)c1nc(CCCN[C@@H]2C[C@H]2c2ccc(F)cc2)cn(Cc2ccc(OC)cc2)c1=O.[HH]. The average molecular weight is 539 g/mol. The lowest BCUT2D eigenvalue weighted by Crippen LogP contribution is -2.35. The van der Waals surface area contributed by atoms with Gasteiger partial charge in [0.05, 0.1) is 19.3 Å². The summed E-state index contributed by atoms with van der Waals surface area (Å²) >= 11 is 0. The van der Waals surface area contributed by atoms with Crippen LogP contribution >= 0.6 is 0 Å². The Balaban J connectivity index is 0.00000183. The van der Waals surface area contributed by atoms with E-state index in [1.54, 1.807) is 11.7 Å². The lowest BCUT2D eigenvalue weighted by Gasteiger charge is -2.23. The van der Waals surface area contributed by atoms with Gasteiger partial charge >= 0.3 is 0 Å². The van der Waals surface area contributed by atoms with E-state index in [1.165, 1.54) is 17.7 Å². The zero-order valence-electron chi connectivity index (χ0n) is 24.3. The van der Waals surface area contributed by atoms with Crippen molar-refractivity contribution in [2.45, 2.75) is 78.3 Å². The van der Waals surface area contributed by atoms with Gasteiger partial charge in [0, 0.05) is 32.7 Å². The monoisotopic (exact) mass is 538 g/mol. The van der Waals surface area contributed by atoms with Gasteiger partial charge in [0.2, 0.25) is 0 Å². The Morgan fingerprint density at radius 3 is 2.36 bits per heavy atom. The van der Waals surface area contributed by atoms with Crippen LogP contribution in [0, 0.1) is 5.82 Å². The molecule has 1 fully saturated rings. The van der Waals surface area contributed by atoms with Crippen molar-refractivity contribution in [3.8, 4) is 5.75 Å². The number of hydrogen-bond donors (Lipinski definition) is 1. The highest BCUT2D eigenvalue weighted by molar-refractivity contribution is 5.37. The molecule has 3 aromatic rings. The lowest BCUT2D eigenvalue weighted by molar-refractivity contribution is 0.414. The number of aromatic nitrogens is 2. The first kappa shape index (κ1) is 30.4. The first-order valence-electron chi connectivity index (χ1n) is 14.5. The number of benzene rings is 2. The highest BCUT2D eigenvalue weighted by atomic mass is 19.1. The Labute approximate surface area is 234 Å². The number of anilines is 1. The molecule has 0 unspecified atom stereocenters. The Bertz CT molecular complexity index is 1200. The van der Waals surface area contributed by atoms with Gasteiger partial charge < -0.3 is 19.5 Å². The van der Waals surface area contributed by atoms with E-state index in [1.807, 2.05) is 56.4 Å². The molecule has 39 heavy (non-hydrogen) atoms. The van der Waals surface area contributed by atoms with E-state index in [-0.39, 0.29) is 12.8 Å². The van der Waals surface area contributed by atoms with Gasteiger partial charge in [0.1, 0.15) is 11.6 Å². The van der Waals surface area contributed by atoms with Gasteiger partial charge in [-0.15, -0.1) is 0 Å². The summed E-state index contributed by atoms with van der Waals surface area (Å²) in [6.45, 7) is 11.3. The molecule has 2 atom stereocenters. The van der Waals surface area contributed by atoms with Gasteiger partial charge in [-0.2, -0.15) is 0 Å². The molecule has 0 bridgehead atoms. The molecule has 7 heteroatoms. The third kappa shape index (κ3) is 8.65. The summed E-state index contributed by atoms with van der Waals surface area (Å²) < 4.78 is 20.3. The summed E-state index contributed by atoms with van der Waals surface area (Å²) in [4.78, 5) is 20.4. The van der Waals surface area contributed by atoms with E-state index in [0.29, 0.717) is 24.3 Å². The minimum absolute atomic E-state index is 0. The van der Waals surface area contributed by atoms with Gasteiger partial charge in [0.15, 0.2) is 5.82 Å². The van der Waals surface area contributed by atoms with Crippen molar-refractivity contribution in [3.05, 3.63) is 87.7 Å². The summed E-state index contributed by atoms with van der Waals surface area (Å²) in [5.41, 5.74) is 3.14. The maximum Gasteiger partial charge on any atom is 0.293 e. The second-order valence-electron chi connectivity index (χ2n) is 9.88. The third-order valence-corrected chi connectivity index (χ3v) is 6.91. The van der Waals surface area contributed by atoms with Crippen molar-refractivity contribution < 1.29 is 10.6 Å². The van der Waals surface area contributed by atoms with E-state index >= 15 is 0 Å². The maximum absolute atomic E-state index is 13.5. The Morgan fingerprint density at radius 2 is 1.74 bits per heavy atom. The predicted octanol–water partition coefficient (Wildman–Crippen LogP) is 6.42. The summed E-state index contributed by atoms with van der Waals surface area (Å²) in [7, 11) is 1.65. The molecular weight excluding hydrogens is 491 g/mol. The number of nitrogens with zero attached hydrogens (tertiary/aromatic N) is 3. The van der Waals surface area contributed by atoms with Crippen molar-refractivity contribution >= 4 is 5.82 Å². The number of halogens is 1. The first-order chi connectivity index (χ1) is 19.0. The molecule has 4 rings (SSSR count). The highest BCUT2D eigenvalue weighted by Crippen LogP contribution is 2.40. The molecule has 1 saturated carbocycles. The molecule has 0 saturated heterocycles. The quantitative estimate of drug-likeness (QED) is 0.240. The maximum atomic E-state index is 13.5. The number of aryl methyl sites for hydroxylation is 1. The van der Waals surface area contributed by atoms with E-state index in [9.17, 15) is 9.18 Å². The minimum Gasteiger partial charge on any atom is -0.497 e. The van der Waals surface area contributed by atoms with Crippen molar-refractivity contribution in [2.24, 2.45) is 0 Å². The molecule has 1 N–H and O–H groups in total. The molecule has 0 radical (unpaired) electrons. The first-order valence-corrected chi connectivity index (χ1v) is 14.5. The van der Waals surface area contributed by atoms with E-state index < -0.39 is 0 Å². The number of methoxy groups -OCH3 is 1. The van der Waals surface area contributed by atoms with Crippen LogP contribution < -0.4 is 20.5 Å². The van der Waals surface area contributed by atoms with Crippen molar-refractivity contribution in [1.29, 1.82) is 0 Å². The molecule has 214 valence electrons. The van der Waals surface area contributed by atoms with Gasteiger partial charge in [0.25, 0.3) is 5.56 Å². The standard InChI is InChI=1S/C30H39FN4O2.C2H6.H2/c1-4-17-34(18-5-2)29-30(36)35(20-22-8-14-26(37-3)15-9-22)21-25(33-29)7-6-16-32-28-19-27(28)23-10-12-24(31)13-11-23;1-2;/h8-15,21,27-28,32H,4-7,16-20H2,1-3H3;1-2H3;1H/t27-,28+;;/m0../s1. The molecule has 2 aromatic carbocycles. The third-order valence-electron chi connectivity index (χ3n) is 6.91. The van der Waals surface area contributed by atoms with Crippen LogP contribution in [0.3, 0.4) is 0 Å². The zero-order valence-corrected chi connectivity index (χ0v) is 24.3. The molecule has 6 nitrogen and oxygen atoms in total. The lowest BCUT2D eigenvalue weighted by atomic mass is 10.1. The number of hydrogen-bond acceptors (Lipinski definition) is 5. The Morgan fingerprint density at radius 1 is 1.08 bits per heavy atom. The second kappa shape index (κ2) is 15.4. The van der Waals surface area contributed by atoms with Crippen LogP contribution in [-0.2, 0) is 13.0 Å². The van der Waals surface area contributed by atoms with E-state index in [0.717, 1.165) is 68.7 Å². The van der Waals surface area contributed by atoms with Crippen LogP contribution in [0.5, 0.6) is 5.75 Å². The zero-order chi connectivity index (χ0) is 28.2. The molecule has 0 aliphatic heterocycles. The van der Waals surface area contributed by atoms with Crippen LogP contribution in [-0.4, -0.2) is 42.3 Å². The fourth-order valence-corrected chi connectivity index (χ4v) is 4.87. The van der Waals surface area contributed by atoms with Crippen LogP contribution in [0.1, 0.15) is 77.5 Å². The molecule has 0 spiro atoms. The van der Waals surface area contributed by atoms with E-state index in [2.05, 4.69) is 24.1 Å². The average Bonchev–Trinajstić information content (AvgIpc) is 3.74. The van der Waals surface area contributed by atoms with Gasteiger partial charge in [-0.3, -0.25) is 4.79 Å². The van der Waals surface area contributed by atoms with Crippen molar-refractivity contribution in [3.63, 3.8) is 0 Å². The van der Waals surface area contributed by atoms with Gasteiger partial charge in [-0.05, 0) is 74.0 Å². The summed E-state index contributed by atoms with van der Waals surface area (Å²) in [5.74, 6) is 1.63. The van der Waals surface area contributed by atoms with Crippen LogP contribution in [0.2, 0.25) is 0 Å². The Hall–Kier alpha value is -3.19. The summed E-state index contributed by atoms with van der Waals surface area (Å²) in [6.07, 6.45) is 6.66. The normalized spacial score (nSPS) is 15.8. The number of rotatable bonds is 14. The van der Waals surface area contributed by atoms with Crippen LogP contribution in [0.4, 0.5) is 10.2 Å². The van der Waals surface area contributed by atoms with Crippen molar-refractivity contribution in [2.75, 3.05) is 31.6 Å². The van der Waals surface area contributed by atoms with Crippen LogP contribution in [0.25, 0.3) is 0 Å². The Kier molecular flexibility index (Phi) is 12.0. The molecule has 1 aromatic heterocycles. The molecule has 0 amide bonds. The second-order valence-corrected chi connectivity index (χ2v) is 9.88. The van der Waals surface area contributed by atoms with Gasteiger partial charge in [-0.1, -0.05) is 52.0 Å². The fourth-order valence-electron chi connectivity index (χ4n) is 4.87. The summed E-state index contributed by atoms with van der Waals surface area (Å²) in [5, 5.41) is 3.63. The molecule has 1 heterocycles. The largest absolute Gasteiger partial charge is 0.497 e. The predicted molar refractivity (Wildman–Crippen MR) is 161 cm³/mol. The number of ether oxygens (including phenoxy) is 1. The van der Waals surface area contributed by atoms with Crippen LogP contribution in [0.15, 0.2) is 59.5 Å². The number of nitrogens with one attached hydrogen (secondary N) is 1. The van der Waals surface area contributed by atoms with E-state index in [4.69, 9.17) is 9.72 Å². The molecular formula is C32H47FN4O2. The highest BCUT2D eigenvalue weighted by Gasteiger charge is 2.37. The minimum atomic E-state index is -0.189. The topological polar surface area (TPSA) is 59.4 Å². The smallest absolute Gasteiger partial charge is 0.293 e. The summed E-state index contributed by atoms with van der Waals surface area (Å²) in [6, 6.07) is 15.1. The van der Waals surface area contributed by atoms with Gasteiger partial charge in [-0.25, -0.2) is 9.37 Å². The fraction of sp³-hybridized carbons (Fsp3) is 0.500. The molecule has 1 aliphatic carbocycles. The molecule has 1 aliphatic rings.